The number of piperidine rings is 1. The topological polar surface area (TPSA) is 59.1 Å². The Kier molecular flexibility index (Phi) is 6.33. The third kappa shape index (κ3) is 4.89. The van der Waals surface area contributed by atoms with Gasteiger partial charge in [0, 0.05) is 37.8 Å². The third-order valence-electron chi connectivity index (χ3n) is 5.52. The van der Waals surface area contributed by atoms with Crippen LogP contribution in [0.25, 0.3) is 11.4 Å². The molecule has 1 N–H and O–H groups in total. The molecular weight excluding hydrogens is 386 g/mol. The zero-order valence-electron chi connectivity index (χ0n) is 17.1. The summed E-state index contributed by atoms with van der Waals surface area (Å²) in [5.74, 6) is 0.772. The van der Waals surface area contributed by atoms with E-state index in [2.05, 4.69) is 50.8 Å². The van der Waals surface area contributed by atoms with Crippen LogP contribution >= 0.6 is 11.6 Å². The number of halogens is 1. The lowest BCUT2D eigenvalue weighted by molar-refractivity contribution is 0.184. The van der Waals surface area contributed by atoms with Crippen LogP contribution in [0.2, 0.25) is 5.15 Å². The second-order valence-corrected chi connectivity index (χ2v) is 8.19. The first kappa shape index (κ1) is 20.1. The van der Waals surface area contributed by atoms with E-state index in [1.54, 1.807) is 4.68 Å². The molecule has 1 atom stereocenters. The summed E-state index contributed by atoms with van der Waals surface area (Å²) in [5, 5.41) is 13.1. The number of nitrogens with one attached hydrogen (secondary N) is 1. The number of nitrogens with zero attached hydrogens (tertiary/aromatic N) is 4. The SMILES string of the molecule is Cc1cc(-c2nn(C)c(Cl)c2CN2CCCC(NCCc3ccccc3)C2)no1. The summed E-state index contributed by atoms with van der Waals surface area (Å²) in [6.07, 6.45) is 3.45. The highest BCUT2D eigenvalue weighted by atomic mass is 35.5. The van der Waals surface area contributed by atoms with Crippen molar-refractivity contribution in [3.05, 3.63) is 58.4 Å². The van der Waals surface area contributed by atoms with E-state index in [1.807, 2.05) is 20.0 Å². The number of hydrogen-bond acceptors (Lipinski definition) is 5. The molecule has 3 heterocycles. The number of likely N-dealkylation sites (tertiary alicyclic amines) is 1. The van der Waals surface area contributed by atoms with Crippen molar-refractivity contribution in [2.24, 2.45) is 7.05 Å². The van der Waals surface area contributed by atoms with Crippen molar-refractivity contribution in [2.75, 3.05) is 19.6 Å². The van der Waals surface area contributed by atoms with Gasteiger partial charge in [-0.3, -0.25) is 9.58 Å². The quantitative estimate of drug-likeness (QED) is 0.637. The van der Waals surface area contributed by atoms with Gasteiger partial charge in [-0.2, -0.15) is 5.10 Å². The summed E-state index contributed by atoms with van der Waals surface area (Å²) in [4.78, 5) is 2.46. The molecule has 1 fully saturated rings. The Morgan fingerprint density at radius 2 is 2.10 bits per heavy atom. The van der Waals surface area contributed by atoms with Gasteiger partial charge in [0.15, 0.2) is 0 Å². The van der Waals surface area contributed by atoms with Crippen LogP contribution in [0.1, 0.15) is 29.7 Å². The Bertz CT molecular complexity index is 936. The summed E-state index contributed by atoms with van der Waals surface area (Å²) in [5.41, 5.74) is 3.96. The normalized spacial score (nSPS) is 17.7. The zero-order valence-corrected chi connectivity index (χ0v) is 17.8. The monoisotopic (exact) mass is 413 g/mol. The average molecular weight is 414 g/mol. The second kappa shape index (κ2) is 9.11. The Morgan fingerprint density at radius 3 is 2.86 bits per heavy atom. The second-order valence-electron chi connectivity index (χ2n) is 7.83. The van der Waals surface area contributed by atoms with E-state index in [0.717, 1.165) is 55.3 Å². The van der Waals surface area contributed by atoms with Crippen molar-refractivity contribution < 1.29 is 4.52 Å². The van der Waals surface area contributed by atoms with Crippen LogP contribution in [0.15, 0.2) is 40.9 Å². The molecule has 6 nitrogen and oxygen atoms in total. The van der Waals surface area contributed by atoms with Gasteiger partial charge < -0.3 is 9.84 Å². The number of aryl methyl sites for hydroxylation is 2. The van der Waals surface area contributed by atoms with Crippen LogP contribution in [0, 0.1) is 6.92 Å². The van der Waals surface area contributed by atoms with Gasteiger partial charge in [0.25, 0.3) is 0 Å². The zero-order chi connectivity index (χ0) is 20.2. The molecule has 1 aliphatic heterocycles. The van der Waals surface area contributed by atoms with Crippen molar-refractivity contribution in [3.63, 3.8) is 0 Å². The molecule has 0 spiro atoms. The van der Waals surface area contributed by atoms with E-state index in [4.69, 9.17) is 16.1 Å². The van der Waals surface area contributed by atoms with E-state index in [9.17, 15) is 0 Å². The average Bonchev–Trinajstić information content (AvgIpc) is 3.27. The molecule has 7 heteroatoms. The fourth-order valence-corrected chi connectivity index (χ4v) is 4.21. The lowest BCUT2D eigenvalue weighted by Crippen LogP contribution is -2.45. The van der Waals surface area contributed by atoms with Crippen molar-refractivity contribution in [1.82, 2.24) is 25.2 Å². The Balaban J connectivity index is 1.38. The lowest BCUT2D eigenvalue weighted by Gasteiger charge is -2.33. The van der Waals surface area contributed by atoms with Crippen molar-refractivity contribution in [3.8, 4) is 11.4 Å². The molecule has 1 aromatic carbocycles. The molecule has 4 rings (SSSR count). The molecule has 3 aromatic rings. The molecule has 154 valence electrons. The Hall–Kier alpha value is -2.15. The predicted molar refractivity (Wildman–Crippen MR) is 115 cm³/mol. The molecular formula is C22H28ClN5O. The smallest absolute Gasteiger partial charge is 0.134 e. The van der Waals surface area contributed by atoms with E-state index in [-0.39, 0.29) is 0 Å². The van der Waals surface area contributed by atoms with Gasteiger partial charge in [0.1, 0.15) is 22.3 Å². The molecule has 0 amide bonds. The number of rotatable bonds is 7. The standard InChI is InChI=1S/C22H28ClN5O/c1-16-13-20(26-29-16)21-19(22(23)27(2)25-21)15-28-12-6-9-18(14-28)24-11-10-17-7-4-3-5-8-17/h3-5,7-8,13,18,24H,6,9-12,14-15H2,1-2H3. The minimum absolute atomic E-state index is 0.501. The van der Waals surface area contributed by atoms with E-state index < -0.39 is 0 Å². The van der Waals surface area contributed by atoms with Gasteiger partial charge in [-0.05, 0) is 44.8 Å². The van der Waals surface area contributed by atoms with Gasteiger partial charge >= 0.3 is 0 Å². The minimum atomic E-state index is 0.501. The summed E-state index contributed by atoms with van der Waals surface area (Å²) in [6.45, 7) is 5.73. The number of benzene rings is 1. The summed E-state index contributed by atoms with van der Waals surface area (Å²) in [7, 11) is 1.87. The summed E-state index contributed by atoms with van der Waals surface area (Å²) < 4.78 is 6.96. The van der Waals surface area contributed by atoms with Crippen molar-refractivity contribution in [1.29, 1.82) is 0 Å². The number of hydrogen-bond donors (Lipinski definition) is 1. The molecule has 2 aromatic heterocycles. The first-order chi connectivity index (χ1) is 14.1. The highest BCUT2D eigenvalue weighted by Gasteiger charge is 2.25. The summed E-state index contributed by atoms with van der Waals surface area (Å²) >= 11 is 6.58. The molecule has 0 aliphatic carbocycles. The highest BCUT2D eigenvalue weighted by molar-refractivity contribution is 6.30. The highest BCUT2D eigenvalue weighted by Crippen LogP contribution is 2.30. The maximum Gasteiger partial charge on any atom is 0.134 e. The Labute approximate surface area is 176 Å². The Morgan fingerprint density at radius 1 is 1.28 bits per heavy atom. The van der Waals surface area contributed by atoms with Crippen molar-refractivity contribution >= 4 is 11.6 Å². The largest absolute Gasteiger partial charge is 0.361 e. The van der Waals surface area contributed by atoms with E-state index in [1.165, 1.54) is 18.4 Å². The van der Waals surface area contributed by atoms with Crippen LogP contribution in [-0.4, -0.2) is 45.5 Å². The maximum atomic E-state index is 6.58. The van der Waals surface area contributed by atoms with Crippen LogP contribution in [0.5, 0.6) is 0 Å². The van der Waals surface area contributed by atoms with E-state index >= 15 is 0 Å². The maximum absolute atomic E-state index is 6.58. The predicted octanol–water partition coefficient (Wildman–Crippen LogP) is 3.83. The molecule has 1 unspecified atom stereocenters. The molecule has 0 bridgehead atoms. The van der Waals surface area contributed by atoms with Gasteiger partial charge in [0.2, 0.25) is 0 Å². The molecule has 0 radical (unpaired) electrons. The molecule has 29 heavy (non-hydrogen) atoms. The fourth-order valence-electron chi connectivity index (χ4n) is 4.03. The van der Waals surface area contributed by atoms with Crippen molar-refractivity contribution in [2.45, 2.75) is 38.8 Å². The molecule has 0 saturated carbocycles. The minimum Gasteiger partial charge on any atom is -0.361 e. The molecule has 1 saturated heterocycles. The van der Waals surface area contributed by atoms with E-state index in [0.29, 0.717) is 11.2 Å². The van der Waals surface area contributed by atoms with Gasteiger partial charge in [-0.1, -0.05) is 47.1 Å². The lowest BCUT2D eigenvalue weighted by atomic mass is 10.0. The first-order valence-corrected chi connectivity index (χ1v) is 10.6. The van der Waals surface area contributed by atoms with Gasteiger partial charge in [0.05, 0.1) is 0 Å². The van der Waals surface area contributed by atoms with Crippen LogP contribution in [-0.2, 0) is 20.0 Å². The fraction of sp³-hybridized carbons (Fsp3) is 0.455. The summed E-state index contributed by atoms with van der Waals surface area (Å²) in [6, 6.07) is 13.0. The third-order valence-corrected chi connectivity index (χ3v) is 5.99. The number of aromatic nitrogens is 3. The van der Waals surface area contributed by atoms with Gasteiger partial charge in [-0.15, -0.1) is 0 Å². The first-order valence-electron chi connectivity index (χ1n) is 10.2. The van der Waals surface area contributed by atoms with Gasteiger partial charge in [-0.25, -0.2) is 0 Å². The van der Waals surface area contributed by atoms with Crippen LogP contribution in [0.4, 0.5) is 0 Å². The molecule has 1 aliphatic rings. The van der Waals surface area contributed by atoms with Crippen LogP contribution < -0.4 is 5.32 Å². The van der Waals surface area contributed by atoms with Crippen LogP contribution in [0.3, 0.4) is 0 Å².